The number of benzene rings is 3. The Labute approximate surface area is 256 Å². The number of rotatable bonds is 4. The van der Waals surface area contributed by atoms with E-state index in [1.807, 2.05) is 59.5 Å². The van der Waals surface area contributed by atoms with Crippen LogP contribution in [-0.4, -0.2) is 49.6 Å². The number of allylic oxidation sites excluding steroid dienone is 1. The van der Waals surface area contributed by atoms with E-state index in [9.17, 15) is 9.59 Å². The van der Waals surface area contributed by atoms with Crippen molar-refractivity contribution in [1.82, 2.24) is 4.90 Å². The molecule has 4 aliphatic carbocycles. The van der Waals surface area contributed by atoms with Crippen LogP contribution in [0.15, 0.2) is 72.8 Å². The number of ether oxygens (including phenoxy) is 3. The predicted molar refractivity (Wildman–Crippen MR) is 163 cm³/mol. The van der Waals surface area contributed by atoms with E-state index in [0.717, 1.165) is 36.0 Å². The van der Waals surface area contributed by atoms with Gasteiger partial charge in [0, 0.05) is 30.8 Å². The molecule has 1 spiro atoms. The molecule has 1 saturated carbocycles. The van der Waals surface area contributed by atoms with Crippen LogP contribution in [0, 0.1) is 23.2 Å². The van der Waals surface area contributed by atoms with Crippen molar-refractivity contribution in [3.8, 4) is 11.5 Å². The Morgan fingerprint density at radius 3 is 2.23 bits per heavy atom. The smallest absolute Gasteiger partial charge is 0.310 e. The number of piperidine rings is 1. The van der Waals surface area contributed by atoms with Gasteiger partial charge >= 0.3 is 5.97 Å². The summed E-state index contributed by atoms with van der Waals surface area (Å²) in [6.07, 6.45) is 7.21. The average molecular weight is 590 g/mol. The molecule has 0 radical (unpaired) electrons. The highest BCUT2D eigenvalue weighted by molar-refractivity contribution is 6.10. The van der Waals surface area contributed by atoms with Crippen LogP contribution in [0.3, 0.4) is 0 Å². The van der Waals surface area contributed by atoms with Crippen molar-refractivity contribution < 1.29 is 28.6 Å². The minimum atomic E-state index is -1.11. The van der Waals surface area contributed by atoms with Gasteiger partial charge in [0.15, 0.2) is 17.3 Å². The standard InChI is InChI=1S/C37H35NO6/c1-42-36(41)33-27(15-13-22-14-16-29-30(19-22)44-21-43-29)31(35(40)38-17-7-2-8-18-38)34(39)37(33)20-28-23-9-3-5-11-25(23)32(37)26-12-6-4-10-24(26)28/h3-6,9-16,19,27-28,31-33H,2,7-8,17-18,20-21H2,1H3/b15-13+/t27-,28?,31-,32?,33+,37-/m0/s1. The fourth-order valence-corrected chi connectivity index (χ4v) is 8.99. The number of ketones is 1. The summed E-state index contributed by atoms with van der Waals surface area (Å²) in [5.74, 6) is -2.25. The molecule has 4 atom stereocenters. The summed E-state index contributed by atoms with van der Waals surface area (Å²) in [7, 11) is 1.39. The molecule has 44 heavy (non-hydrogen) atoms. The molecule has 0 aromatic heterocycles. The maximum atomic E-state index is 15.3. The molecule has 7 nitrogen and oxygen atoms in total. The van der Waals surface area contributed by atoms with Gasteiger partial charge in [0.2, 0.25) is 12.7 Å². The number of methoxy groups -OCH3 is 1. The van der Waals surface area contributed by atoms with E-state index in [2.05, 4.69) is 24.3 Å². The highest BCUT2D eigenvalue weighted by Gasteiger charge is 2.71. The van der Waals surface area contributed by atoms with Crippen molar-refractivity contribution in [2.24, 2.45) is 23.2 Å². The van der Waals surface area contributed by atoms with E-state index in [4.69, 9.17) is 14.2 Å². The zero-order valence-corrected chi connectivity index (χ0v) is 24.7. The van der Waals surface area contributed by atoms with E-state index < -0.39 is 29.1 Å². The molecule has 1 saturated heterocycles. The number of amides is 1. The Morgan fingerprint density at radius 2 is 1.55 bits per heavy atom. The minimum absolute atomic E-state index is 0.0502. The number of fused-ring (bicyclic) bond motifs is 1. The monoisotopic (exact) mass is 589 g/mol. The van der Waals surface area contributed by atoms with Crippen LogP contribution in [0.2, 0.25) is 0 Å². The second kappa shape index (κ2) is 10.4. The van der Waals surface area contributed by atoms with Crippen molar-refractivity contribution in [2.75, 3.05) is 27.0 Å². The molecule has 1 amide bonds. The predicted octanol–water partition coefficient (Wildman–Crippen LogP) is 5.71. The molecule has 2 heterocycles. The second-order valence-corrected chi connectivity index (χ2v) is 12.8. The van der Waals surface area contributed by atoms with Crippen LogP contribution in [0.1, 0.15) is 65.3 Å². The highest BCUT2D eigenvalue weighted by Crippen LogP contribution is 2.69. The van der Waals surface area contributed by atoms with Gasteiger partial charge in [-0.15, -0.1) is 0 Å². The number of carbonyl (C=O) groups excluding carboxylic acids is 3. The van der Waals surface area contributed by atoms with E-state index in [1.165, 1.54) is 18.2 Å². The molecule has 2 bridgehead atoms. The summed E-state index contributed by atoms with van der Waals surface area (Å²) < 4.78 is 16.6. The van der Waals surface area contributed by atoms with E-state index >= 15 is 4.79 Å². The SMILES string of the molecule is COC(=O)[C@H]1[C@@H](/C=C/c2ccc3c(c2)OCO3)[C@H](C(=O)N2CCCCC2)C(=O)[C@]12CC1c3ccccc3C2c2ccccc21. The molecule has 3 aromatic carbocycles. The van der Waals surface area contributed by atoms with Gasteiger partial charge in [-0.25, -0.2) is 0 Å². The number of nitrogens with zero attached hydrogens (tertiary/aromatic N) is 1. The zero-order valence-electron chi connectivity index (χ0n) is 24.7. The third-order valence-corrected chi connectivity index (χ3v) is 10.8. The molecule has 7 heteroatoms. The van der Waals surface area contributed by atoms with Gasteiger partial charge in [0.25, 0.3) is 0 Å². The van der Waals surface area contributed by atoms with Crippen LogP contribution in [0.5, 0.6) is 11.5 Å². The lowest BCUT2D eigenvalue weighted by molar-refractivity contribution is -0.154. The number of carbonyl (C=O) groups is 3. The average Bonchev–Trinajstić information content (AvgIpc) is 3.63. The Kier molecular flexibility index (Phi) is 6.40. The highest BCUT2D eigenvalue weighted by atomic mass is 16.7. The van der Waals surface area contributed by atoms with Crippen molar-refractivity contribution in [1.29, 1.82) is 0 Å². The van der Waals surface area contributed by atoms with Gasteiger partial charge in [0.05, 0.1) is 18.4 Å². The molecular weight excluding hydrogens is 554 g/mol. The first-order valence-corrected chi connectivity index (χ1v) is 15.7. The lowest BCUT2D eigenvalue weighted by Gasteiger charge is -2.53. The normalized spacial score (nSPS) is 29.6. The van der Waals surface area contributed by atoms with E-state index in [0.29, 0.717) is 31.0 Å². The van der Waals surface area contributed by atoms with E-state index in [-0.39, 0.29) is 30.3 Å². The van der Waals surface area contributed by atoms with E-state index in [1.54, 1.807) is 0 Å². The summed E-state index contributed by atoms with van der Waals surface area (Å²) in [5, 5.41) is 0. The second-order valence-electron chi connectivity index (χ2n) is 12.8. The fraction of sp³-hybridized carbons (Fsp3) is 0.378. The van der Waals surface area contributed by atoms with Crippen LogP contribution in [0.25, 0.3) is 6.08 Å². The topological polar surface area (TPSA) is 82.1 Å². The van der Waals surface area contributed by atoms with Gasteiger partial charge in [-0.05, 0) is 65.6 Å². The summed E-state index contributed by atoms with van der Waals surface area (Å²) in [5.41, 5.74) is 4.30. The van der Waals surface area contributed by atoms with Crippen LogP contribution in [-0.2, 0) is 19.1 Å². The number of hydrogen-bond donors (Lipinski definition) is 0. The Morgan fingerprint density at radius 1 is 0.886 bits per heavy atom. The zero-order chi connectivity index (χ0) is 30.0. The molecule has 224 valence electrons. The third kappa shape index (κ3) is 3.84. The number of likely N-dealkylation sites (tertiary alicyclic amines) is 1. The maximum absolute atomic E-state index is 15.3. The summed E-state index contributed by atoms with van der Waals surface area (Å²) in [4.78, 5) is 45.6. The number of hydrogen-bond acceptors (Lipinski definition) is 6. The van der Waals surface area contributed by atoms with Gasteiger partial charge in [0.1, 0.15) is 5.92 Å². The molecule has 3 aromatic rings. The number of Topliss-reactive ketones (excluding diaryl/α,β-unsaturated/α-hetero) is 1. The van der Waals surface area contributed by atoms with Crippen LogP contribution >= 0.6 is 0 Å². The summed E-state index contributed by atoms with van der Waals surface area (Å²) in [6, 6.07) is 22.3. The molecule has 0 unspecified atom stereocenters. The summed E-state index contributed by atoms with van der Waals surface area (Å²) in [6.45, 7) is 1.44. The lowest BCUT2D eigenvalue weighted by atomic mass is 9.48. The largest absolute Gasteiger partial charge is 0.469 e. The first-order chi connectivity index (χ1) is 21.5. The summed E-state index contributed by atoms with van der Waals surface area (Å²) >= 11 is 0. The Hall–Kier alpha value is -4.39. The molecule has 2 aliphatic heterocycles. The van der Waals surface area contributed by atoms with Crippen LogP contribution in [0.4, 0.5) is 0 Å². The molecule has 9 rings (SSSR count). The van der Waals surface area contributed by atoms with Gasteiger partial charge in [-0.3, -0.25) is 14.4 Å². The molecule has 0 N–H and O–H groups in total. The molecule has 2 fully saturated rings. The first-order valence-electron chi connectivity index (χ1n) is 15.7. The van der Waals surface area contributed by atoms with Crippen LogP contribution < -0.4 is 9.47 Å². The quantitative estimate of drug-likeness (QED) is 0.286. The first kappa shape index (κ1) is 27.2. The van der Waals surface area contributed by atoms with Crippen molar-refractivity contribution in [3.05, 3.63) is 101 Å². The third-order valence-electron chi connectivity index (χ3n) is 10.8. The molecule has 6 aliphatic rings. The minimum Gasteiger partial charge on any atom is -0.469 e. The Balaban J connectivity index is 1.31. The lowest BCUT2D eigenvalue weighted by Crippen LogP contribution is -2.51. The van der Waals surface area contributed by atoms with Crippen molar-refractivity contribution in [3.63, 3.8) is 0 Å². The fourth-order valence-electron chi connectivity index (χ4n) is 8.99. The maximum Gasteiger partial charge on any atom is 0.310 e. The molecular formula is C37H35NO6. The Bertz CT molecular complexity index is 1660. The van der Waals surface area contributed by atoms with Crippen molar-refractivity contribution >= 4 is 23.7 Å². The number of esters is 1. The van der Waals surface area contributed by atoms with Gasteiger partial charge in [-0.1, -0.05) is 66.7 Å². The van der Waals surface area contributed by atoms with Crippen molar-refractivity contribution in [2.45, 2.75) is 37.5 Å². The van der Waals surface area contributed by atoms with Gasteiger partial charge in [-0.2, -0.15) is 0 Å². The van der Waals surface area contributed by atoms with Gasteiger partial charge < -0.3 is 19.1 Å².